The maximum Gasteiger partial charge on any atom is 0.146 e. The molecule has 1 atom stereocenters. The SMILES string of the molecule is CC(O)c1cnnc(N)c1. The molecule has 1 rings (SSSR count). The van der Waals surface area contributed by atoms with Crippen molar-refractivity contribution >= 4 is 5.82 Å². The smallest absolute Gasteiger partial charge is 0.146 e. The van der Waals surface area contributed by atoms with Crippen LogP contribution in [-0.2, 0) is 0 Å². The molecule has 0 bridgehead atoms. The van der Waals surface area contributed by atoms with E-state index in [2.05, 4.69) is 10.2 Å². The minimum Gasteiger partial charge on any atom is -0.389 e. The van der Waals surface area contributed by atoms with Crippen LogP contribution in [0.3, 0.4) is 0 Å². The zero-order valence-electron chi connectivity index (χ0n) is 5.65. The number of aliphatic hydroxyl groups is 1. The van der Waals surface area contributed by atoms with Gasteiger partial charge in [0.2, 0.25) is 0 Å². The lowest BCUT2D eigenvalue weighted by molar-refractivity contribution is 0.198. The fourth-order valence-corrected chi connectivity index (χ4v) is 0.628. The van der Waals surface area contributed by atoms with Gasteiger partial charge in [0, 0.05) is 5.56 Å². The Hall–Kier alpha value is -1.16. The number of nitrogens with zero attached hydrogens (tertiary/aromatic N) is 2. The Morgan fingerprint density at radius 3 is 2.80 bits per heavy atom. The van der Waals surface area contributed by atoms with Crippen molar-refractivity contribution in [3.05, 3.63) is 17.8 Å². The Labute approximate surface area is 58.7 Å². The minimum absolute atomic E-state index is 0.332. The highest BCUT2D eigenvalue weighted by Crippen LogP contribution is 2.10. The van der Waals surface area contributed by atoms with E-state index in [4.69, 9.17) is 10.8 Å². The van der Waals surface area contributed by atoms with Gasteiger partial charge in [-0.15, -0.1) is 5.10 Å². The molecule has 1 heterocycles. The normalized spacial score (nSPS) is 13.0. The highest BCUT2D eigenvalue weighted by atomic mass is 16.3. The number of aliphatic hydroxyl groups excluding tert-OH is 1. The molecule has 0 spiro atoms. The van der Waals surface area contributed by atoms with Gasteiger partial charge in [-0.1, -0.05) is 0 Å². The van der Waals surface area contributed by atoms with Crippen LogP contribution < -0.4 is 5.73 Å². The van der Waals surface area contributed by atoms with Gasteiger partial charge < -0.3 is 10.8 Å². The molecule has 54 valence electrons. The Morgan fingerprint density at radius 2 is 2.40 bits per heavy atom. The molecule has 0 amide bonds. The number of nitrogen functional groups attached to an aromatic ring is 1. The van der Waals surface area contributed by atoms with Crippen molar-refractivity contribution in [1.29, 1.82) is 0 Å². The minimum atomic E-state index is -0.530. The van der Waals surface area contributed by atoms with Crippen molar-refractivity contribution < 1.29 is 5.11 Å². The number of anilines is 1. The number of nitrogens with two attached hydrogens (primary N) is 1. The maximum absolute atomic E-state index is 9.02. The van der Waals surface area contributed by atoms with Crippen molar-refractivity contribution in [2.45, 2.75) is 13.0 Å². The predicted octanol–water partition coefficient (Wildman–Crippen LogP) is 0.112. The highest BCUT2D eigenvalue weighted by Gasteiger charge is 2.00. The van der Waals surface area contributed by atoms with Gasteiger partial charge in [0.1, 0.15) is 5.82 Å². The molecule has 0 aliphatic rings. The van der Waals surface area contributed by atoms with E-state index in [0.29, 0.717) is 11.4 Å². The van der Waals surface area contributed by atoms with E-state index in [1.54, 1.807) is 13.0 Å². The summed E-state index contributed by atoms with van der Waals surface area (Å²) in [6.07, 6.45) is 0.957. The highest BCUT2D eigenvalue weighted by molar-refractivity contribution is 5.29. The summed E-state index contributed by atoms with van der Waals surface area (Å²) >= 11 is 0. The van der Waals surface area contributed by atoms with Crippen LogP contribution in [0.2, 0.25) is 0 Å². The fraction of sp³-hybridized carbons (Fsp3) is 0.333. The third-order valence-electron chi connectivity index (χ3n) is 1.18. The van der Waals surface area contributed by atoms with Crippen LogP contribution in [0, 0.1) is 0 Å². The van der Waals surface area contributed by atoms with Crippen LogP contribution in [0.15, 0.2) is 12.3 Å². The third kappa shape index (κ3) is 1.41. The van der Waals surface area contributed by atoms with Crippen LogP contribution in [0.25, 0.3) is 0 Å². The van der Waals surface area contributed by atoms with E-state index in [0.717, 1.165) is 0 Å². The Bertz CT molecular complexity index is 224. The van der Waals surface area contributed by atoms with Gasteiger partial charge in [0.25, 0.3) is 0 Å². The molecule has 4 heteroatoms. The van der Waals surface area contributed by atoms with Gasteiger partial charge in [-0.3, -0.25) is 0 Å². The lowest BCUT2D eigenvalue weighted by Crippen LogP contribution is -1.97. The number of rotatable bonds is 1. The van der Waals surface area contributed by atoms with Crippen molar-refractivity contribution in [2.24, 2.45) is 0 Å². The lowest BCUT2D eigenvalue weighted by atomic mass is 10.2. The van der Waals surface area contributed by atoms with Gasteiger partial charge in [0.05, 0.1) is 12.3 Å². The van der Waals surface area contributed by atoms with E-state index in [-0.39, 0.29) is 0 Å². The van der Waals surface area contributed by atoms with Gasteiger partial charge >= 0.3 is 0 Å². The number of aromatic nitrogens is 2. The van der Waals surface area contributed by atoms with Gasteiger partial charge in [-0.25, -0.2) is 0 Å². The first-order valence-electron chi connectivity index (χ1n) is 2.96. The Kier molecular flexibility index (Phi) is 1.82. The lowest BCUT2D eigenvalue weighted by Gasteiger charge is -2.01. The largest absolute Gasteiger partial charge is 0.389 e. The van der Waals surface area contributed by atoms with E-state index in [1.165, 1.54) is 6.20 Å². The molecule has 4 nitrogen and oxygen atoms in total. The molecule has 0 saturated carbocycles. The van der Waals surface area contributed by atoms with Crippen molar-refractivity contribution in [1.82, 2.24) is 10.2 Å². The second kappa shape index (κ2) is 2.62. The molecular weight excluding hydrogens is 130 g/mol. The average Bonchev–Trinajstić information content (AvgIpc) is 1.88. The summed E-state index contributed by atoms with van der Waals surface area (Å²) in [5, 5.41) is 16.1. The maximum atomic E-state index is 9.02. The van der Waals surface area contributed by atoms with Crippen molar-refractivity contribution in [3.8, 4) is 0 Å². The van der Waals surface area contributed by atoms with E-state index in [9.17, 15) is 0 Å². The monoisotopic (exact) mass is 139 g/mol. The standard InChI is InChI=1S/C6H9N3O/c1-4(10)5-2-6(7)9-8-3-5/h2-4,10H,1H3,(H2,7,9). The first kappa shape index (κ1) is 6.95. The van der Waals surface area contributed by atoms with Crippen molar-refractivity contribution in [3.63, 3.8) is 0 Å². The van der Waals surface area contributed by atoms with E-state index >= 15 is 0 Å². The molecule has 0 aliphatic carbocycles. The van der Waals surface area contributed by atoms with E-state index < -0.39 is 6.10 Å². The van der Waals surface area contributed by atoms with Crippen LogP contribution >= 0.6 is 0 Å². The Balaban J connectivity index is 2.96. The quantitative estimate of drug-likeness (QED) is 0.579. The zero-order chi connectivity index (χ0) is 7.56. The second-order valence-electron chi connectivity index (χ2n) is 2.09. The molecule has 0 fully saturated rings. The molecule has 1 aromatic rings. The summed E-state index contributed by atoms with van der Waals surface area (Å²) < 4.78 is 0. The zero-order valence-corrected chi connectivity index (χ0v) is 5.65. The van der Waals surface area contributed by atoms with Crippen LogP contribution in [0.1, 0.15) is 18.6 Å². The average molecular weight is 139 g/mol. The number of hydrogen-bond acceptors (Lipinski definition) is 4. The van der Waals surface area contributed by atoms with Gasteiger partial charge in [-0.2, -0.15) is 5.10 Å². The van der Waals surface area contributed by atoms with Crippen LogP contribution in [0.4, 0.5) is 5.82 Å². The van der Waals surface area contributed by atoms with Gasteiger partial charge in [0.15, 0.2) is 0 Å². The van der Waals surface area contributed by atoms with Gasteiger partial charge in [-0.05, 0) is 13.0 Å². The molecule has 0 radical (unpaired) electrons. The van der Waals surface area contributed by atoms with Crippen molar-refractivity contribution in [2.75, 3.05) is 5.73 Å². The summed E-state index contributed by atoms with van der Waals surface area (Å²) in [5.74, 6) is 0.332. The molecule has 1 unspecified atom stereocenters. The van der Waals surface area contributed by atoms with Crippen LogP contribution in [-0.4, -0.2) is 15.3 Å². The molecular formula is C6H9N3O. The second-order valence-corrected chi connectivity index (χ2v) is 2.09. The number of hydrogen-bond donors (Lipinski definition) is 2. The predicted molar refractivity (Wildman–Crippen MR) is 37.1 cm³/mol. The Morgan fingerprint density at radius 1 is 1.70 bits per heavy atom. The third-order valence-corrected chi connectivity index (χ3v) is 1.18. The van der Waals surface area contributed by atoms with Crippen LogP contribution in [0.5, 0.6) is 0 Å². The summed E-state index contributed by atoms with van der Waals surface area (Å²) in [4.78, 5) is 0. The summed E-state index contributed by atoms with van der Waals surface area (Å²) in [6, 6.07) is 1.59. The molecule has 3 N–H and O–H groups in total. The molecule has 0 aliphatic heterocycles. The topological polar surface area (TPSA) is 72.0 Å². The molecule has 0 saturated heterocycles. The van der Waals surface area contributed by atoms with E-state index in [1.807, 2.05) is 0 Å². The fourth-order valence-electron chi connectivity index (χ4n) is 0.628. The molecule has 10 heavy (non-hydrogen) atoms. The first-order chi connectivity index (χ1) is 4.70. The molecule has 1 aromatic heterocycles. The summed E-state index contributed by atoms with van der Waals surface area (Å²) in [5.41, 5.74) is 6.00. The summed E-state index contributed by atoms with van der Waals surface area (Å²) in [6.45, 7) is 1.65. The molecule has 0 aromatic carbocycles. The first-order valence-corrected chi connectivity index (χ1v) is 2.96. The summed E-state index contributed by atoms with van der Waals surface area (Å²) in [7, 11) is 0.